The van der Waals surface area contributed by atoms with Crippen LogP contribution >= 0.6 is 0 Å². The Morgan fingerprint density at radius 2 is 0.483 bits per heavy atom. The highest BCUT2D eigenvalue weighted by Crippen LogP contribution is 2.53. The van der Waals surface area contributed by atoms with Crippen molar-refractivity contribution in [3.8, 4) is 23.0 Å². The molecule has 21 rings (SSSR count). The highest BCUT2D eigenvalue weighted by molar-refractivity contribution is 7.06. The molecule has 0 fully saturated rings. The van der Waals surface area contributed by atoms with Crippen LogP contribution in [-0.4, -0.2) is 26.9 Å². The molecule has 0 atom stereocenters. The first-order chi connectivity index (χ1) is 44.2. The van der Waals surface area contributed by atoms with E-state index in [1.54, 1.807) is 0 Å². The third-order valence-corrected chi connectivity index (χ3v) is 20.3. The second-order valence-electron chi connectivity index (χ2n) is 24.6. The molecule has 8 aliphatic rings. The summed E-state index contributed by atoms with van der Waals surface area (Å²) in [6.45, 7) is -0.491. The SMILES string of the molecule is c1ccc(N2c3cc4c(cc3B3c5ccccc5Oc5cccc2c53)B2c3ccccc3N3c5cc6c(cc5B5c7ccccc7N(c7ccccc7)c7cc(c2c3c75)N4c2ccccc2)B2c3ccccc3Oc3cccc(c32)N6c2ccccc2)cc1. The number of hydrogen-bond donors (Lipinski definition) is 0. The molecule has 7 nitrogen and oxygen atoms in total. The van der Waals surface area contributed by atoms with Gasteiger partial charge < -0.3 is 34.0 Å². The van der Waals surface area contributed by atoms with Gasteiger partial charge in [-0.3, -0.25) is 0 Å². The van der Waals surface area contributed by atoms with Gasteiger partial charge in [-0.05, 0) is 181 Å². The molecule has 0 unspecified atom stereocenters. The zero-order chi connectivity index (χ0) is 57.7. The molecule has 408 valence electrons. The van der Waals surface area contributed by atoms with Crippen molar-refractivity contribution in [3.05, 3.63) is 285 Å². The number of nitrogens with zero attached hydrogens (tertiary/aromatic N) is 5. The summed E-state index contributed by atoms with van der Waals surface area (Å²) in [6, 6.07) is 106. The van der Waals surface area contributed by atoms with Crippen molar-refractivity contribution in [1.29, 1.82) is 0 Å². The lowest BCUT2D eigenvalue weighted by Gasteiger charge is -2.52. The summed E-state index contributed by atoms with van der Waals surface area (Å²) in [4.78, 5) is 12.8. The van der Waals surface area contributed by atoms with E-state index < -0.39 is 0 Å². The topological polar surface area (TPSA) is 34.7 Å². The minimum Gasteiger partial charge on any atom is -0.458 e. The molecule has 11 heteroatoms. The van der Waals surface area contributed by atoms with Crippen LogP contribution in [0, 0.1) is 0 Å². The van der Waals surface area contributed by atoms with Crippen molar-refractivity contribution >= 4 is 178 Å². The van der Waals surface area contributed by atoms with Crippen LogP contribution in [0.3, 0.4) is 0 Å². The predicted molar refractivity (Wildman–Crippen MR) is 372 cm³/mol. The zero-order valence-corrected chi connectivity index (χ0v) is 48.0. The Morgan fingerprint density at radius 1 is 0.191 bits per heavy atom. The summed E-state index contributed by atoms with van der Waals surface area (Å²) >= 11 is 0. The Balaban J connectivity index is 0.901. The Kier molecular flexibility index (Phi) is 9.52. The number of ether oxygens (including phenoxy) is 2. The Morgan fingerprint density at radius 3 is 0.910 bits per heavy atom. The molecule has 13 aromatic carbocycles. The van der Waals surface area contributed by atoms with E-state index in [0.29, 0.717) is 0 Å². The molecule has 0 radical (unpaired) electrons. The lowest BCUT2D eigenvalue weighted by Crippen LogP contribution is -2.70. The maximum Gasteiger partial charge on any atom is 0.256 e. The molecule has 0 saturated heterocycles. The van der Waals surface area contributed by atoms with Crippen molar-refractivity contribution < 1.29 is 9.47 Å². The van der Waals surface area contributed by atoms with Gasteiger partial charge in [0.1, 0.15) is 23.0 Å². The molecule has 8 heterocycles. The summed E-state index contributed by atoms with van der Waals surface area (Å²) in [5.41, 5.74) is 32.2. The van der Waals surface area contributed by atoms with E-state index >= 15 is 0 Å². The van der Waals surface area contributed by atoms with Crippen molar-refractivity contribution in [2.24, 2.45) is 0 Å². The van der Waals surface area contributed by atoms with E-state index in [0.717, 1.165) is 79.9 Å². The van der Waals surface area contributed by atoms with Gasteiger partial charge in [-0.1, -0.05) is 170 Å². The third-order valence-electron chi connectivity index (χ3n) is 20.3. The highest BCUT2D eigenvalue weighted by Gasteiger charge is 2.54. The lowest BCUT2D eigenvalue weighted by molar-refractivity contribution is 0.487. The minimum atomic E-state index is -0.165. The second-order valence-corrected chi connectivity index (χ2v) is 24.6. The van der Waals surface area contributed by atoms with E-state index in [9.17, 15) is 0 Å². The lowest BCUT2D eigenvalue weighted by atomic mass is 9.27. The average molecular weight is 1130 g/mol. The number of fused-ring (bicyclic) bond motifs is 18. The first kappa shape index (κ1) is 47.9. The van der Waals surface area contributed by atoms with Gasteiger partial charge in [0.2, 0.25) is 0 Å². The normalized spacial score (nSPS) is 14.5. The van der Waals surface area contributed by atoms with Gasteiger partial charge >= 0.3 is 0 Å². The molecule has 0 amide bonds. The van der Waals surface area contributed by atoms with Crippen LogP contribution in [0.5, 0.6) is 23.0 Å². The molecule has 0 N–H and O–H groups in total. The molecule has 0 saturated carbocycles. The van der Waals surface area contributed by atoms with Gasteiger partial charge in [0, 0.05) is 85.3 Å². The molecular weight excluding hydrogens is 1080 g/mol. The van der Waals surface area contributed by atoms with Gasteiger partial charge in [-0.15, -0.1) is 0 Å². The Hall–Kier alpha value is -11.3. The maximum absolute atomic E-state index is 6.91. The molecular formula is C78H47B4N5O2. The fraction of sp³-hybridized carbons (Fsp3) is 0. The zero-order valence-electron chi connectivity index (χ0n) is 48.0. The van der Waals surface area contributed by atoms with Crippen LogP contribution in [-0.2, 0) is 0 Å². The highest BCUT2D eigenvalue weighted by atomic mass is 16.5. The summed E-state index contributed by atoms with van der Waals surface area (Å²) in [6.07, 6.45) is 0. The van der Waals surface area contributed by atoms with E-state index in [-0.39, 0.29) is 26.9 Å². The largest absolute Gasteiger partial charge is 0.458 e. The first-order valence-corrected chi connectivity index (χ1v) is 31.0. The minimum absolute atomic E-state index is 0.0844. The van der Waals surface area contributed by atoms with E-state index in [4.69, 9.17) is 9.47 Å². The fourth-order valence-corrected chi connectivity index (χ4v) is 16.9. The van der Waals surface area contributed by atoms with Crippen LogP contribution in [0.4, 0.5) is 85.3 Å². The number of anilines is 15. The molecule has 0 aliphatic carbocycles. The van der Waals surface area contributed by atoms with Crippen molar-refractivity contribution in [3.63, 3.8) is 0 Å². The summed E-state index contributed by atoms with van der Waals surface area (Å²) in [7, 11) is 0. The van der Waals surface area contributed by atoms with Gasteiger partial charge in [0.15, 0.2) is 0 Å². The van der Waals surface area contributed by atoms with E-state index in [2.05, 4.69) is 310 Å². The quantitative estimate of drug-likeness (QED) is 0.163. The molecule has 89 heavy (non-hydrogen) atoms. The molecule has 0 aromatic heterocycles. The fourth-order valence-electron chi connectivity index (χ4n) is 16.9. The van der Waals surface area contributed by atoms with Gasteiger partial charge in [-0.25, -0.2) is 0 Å². The monoisotopic (exact) mass is 1130 g/mol. The van der Waals surface area contributed by atoms with Crippen molar-refractivity contribution in [2.45, 2.75) is 0 Å². The van der Waals surface area contributed by atoms with Crippen molar-refractivity contribution in [2.75, 3.05) is 24.5 Å². The molecule has 8 aliphatic heterocycles. The van der Waals surface area contributed by atoms with Gasteiger partial charge in [0.25, 0.3) is 26.9 Å². The summed E-state index contributed by atoms with van der Waals surface area (Å²) < 4.78 is 13.8. The Bertz CT molecular complexity index is 5250. The Labute approximate surface area is 516 Å². The third kappa shape index (κ3) is 6.30. The van der Waals surface area contributed by atoms with Gasteiger partial charge in [0.05, 0.1) is 0 Å². The number of para-hydroxylation sites is 8. The maximum atomic E-state index is 6.91. The first-order valence-electron chi connectivity index (χ1n) is 31.0. The predicted octanol–water partition coefficient (Wildman–Crippen LogP) is 11.2. The number of benzene rings is 13. The van der Waals surface area contributed by atoms with Crippen molar-refractivity contribution in [1.82, 2.24) is 0 Å². The molecule has 0 bridgehead atoms. The second kappa shape index (κ2) is 17.7. The van der Waals surface area contributed by atoms with Crippen LogP contribution in [0.2, 0.25) is 0 Å². The molecule has 0 spiro atoms. The average Bonchev–Trinajstić information content (AvgIpc) is 0.753. The van der Waals surface area contributed by atoms with Crippen LogP contribution < -0.4 is 99.5 Å². The van der Waals surface area contributed by atoms with Crippen LogP contribution in [0.15, 0.2) is 285 Å². The van der Waals surface area contributed by atoms with E-state index in [1.807, 2.05) is 0 Å². The standard InChI is InChI=1S/C78H47B4N5O2/c1-5-23-48(24-6-1)83-60-35-17-13-31-52(60)79-59-44-58-65(85(50-27-9-3-10-28-50)63-38-22-42-73-75(63)82(58)55-34-16-20-40-71(55)89-73)46-67(59)87-61-36-18-14-32-53(61)80-56-43-57-64(45-66(56)86(51-29-11-4-12-30-51)69-47-68(83)76(79)78(87)77(69)80)84(49-25-7-2-8-26-49)62-37-21-41-72-74(62)81(57)54-33-15-19-39-70(54)88-72/h1-47H. The van der Waals surface area contributed by atoms with E-state index in [1.165, 1.54) is 94.0 Å². The summed E-state index contributed by atoms with van der Waals surface area (Å²) in [5.74, 6) is 3.59. The van der Waals surface area contributed by atoms with Gasteiger partial charge in [-0.2, -0.15) is 0 Å². The van der Waals surface area contributed by atoms with Crippen LogP contribution in [0.1, 0.15) is 0 Å². The van der Waals surface area contributed by atoms with Crippen LogP contribution in [0.25, 0.3) is 0 Å². The number of hydrogen-bond acceptors (Lipinski definition) is 7. The summed E-state index contributed by atoms with van der Waals surface area (Å²) in [5, 5.41) is 0. The molecule has 13 aromatic rings. The smallest absolute Gasteiger partial charge is 0.256 e. The number of rotatable bonds is 4.